The lowest BCUT2D eigenvalue weighted by molar-refractivity contribution is 0.249. The highest BCUT2D eigenvalue weighted by Gasteiger charge is 2.26. The smallest absolute Gasteiger partial charge is 0.191 e. The van der Waals surface area contributed by atoms with Gasteiger partial charge in [0.15, 0.2) is 5.96 Å². The first-order chi connectivity index (χ1) is 13.8. The Balaban J connectivity index is 0.00000240. The second-order valence-corrected chi connectivity index (χ2v) is 8.62. The third-order valence-electron chi connectivity index (χ3n) is 5.79. The Hall–Kier alpha value is -1.32. The molecule has 2 saturated heterocycles. The maximum Gasteiger partial charge on any atom is 0.191 e. The summed E-state index contributed by atoms with van der Waals surface area (Å²) >= 11 is 1.86. The van der Waals surface area contributed by atoms with Crippen molar-refractivity contribution in [1.82, 2.24) is 15.5 Å². The van der Waals surface area contributed by atoms with Gasteiger partial charge < -0.3 is 15.5 Å². The summed E-state index contributed by atoms with van der Waals surface area (Å²) in [6, 6.07) is 16.0. The van der Waals surface area contributed by atoms with Crippen LogP contribution in [0.3, 0.4) is 0 Å². The maximum absolute atomic E-state index is 4.49. The van der Waals surface area contributed by atoms with Crippen molar-refractivity contribution in [2.24, 2.45) is 4.99 Å². The monoisotopic (exact) mass is 525 g/mol. The zero-order chi connectivity index (χ0) is 19.2. The molecule has 2 aromatic rings. The van der Waals surface area contributed by atoms with E-state index < -0.39 is 0 Å². The molecule has 0 spiro atoms. The average molecular weight is 526 g/mol. The number of likely N-dealkylation sites (tertiary alicyclic amines) is 1. The molecule has 0 bridgehead atoms. The number of aliphatic imine (C=N–C) groups is 1. The van der Waals surface area contributed by atoms with Crippen LogP contribution in [0, 0.1) is 0 Å². The Bertz CT molecular complexity index is 746. The van der Waals surface area contributed by atoms with E-state index in [4.69, 9.17) is 0 Å². The van der Waals surface area contributed by atoms with E-state index in [0.717, 1.165) is 32.0 Å². The van der Waals surface area contributed by atoms with Crippen molar-refractivity contribution in [3.05, 3.63) is 52.7 Å². The van der Waals surface area contributed by atoms with Gasteiger partial charge in [0.1, 0.15) is 0 Å². The van der Waals surface area contributed by atoms with E-state index in [-0.39, 0.29) is 24.0 Å². The summed E-state index contributed by atoms with van der Waals surface area (Å²) in [4.78, 5) is 11.0. The second kappa shape index (κ2) is 11.2. The number of hydrogen-bond donors (Lipinski definition) is 2. The Morgan fingerprint density at radius 3 is 2.62 bits per heavy atom. The molecule has 0 aliphatic carbocycles. The van der Waals surface area contributed by atoms with Gasteiger partial charge in [0.25, 0.3) is 0 Å². The first kappa shape index (κ1) is 22.4. The zero-order valence-electron chi connectivity index (χ0n) is 17.1. The molecule has 2 aliphatic rings. The second-order valence-electron chi connectivity index (χ2n) is 7.64. The molecule has 4 rings (SSSR count). The highest BCUT2D eigenvalue weighted by molar-refractivity contribution is 14.0. The number of guanidine groups is 1. The van der Waals surface area contributed by atoms with E-state index in [0.29, 0.717) is 12.1 Å². The van der Waals surface area contributed by atoms with Gasteiger partial charge in [-0.1, -0.05) is 24.3 Å². The van der Waals surface area contributed by atoms with E-state index in [1.807, 2.05) is 18.4 Å². The molecule has 2 unspecified atom stereocenters. The van der Waals surface area contributed by atoms with Crippen LogP contribution >= 0.6 is 35.3 Å². The molecule has 158 valence electrons. The Morgan fingerprint density at radius 1 is 1.14 bits per heavy atom. The van der Waals surface area contributed by atoms with Crippen LogP contribution in [0.15, 0.2) is 52.8 Å². The summed E-state index contributed by atoms with van der Waals surface area (Å²) in [6.07, 6.45) is 3.76. The number of halogens is 1. The largest absolute Gasteiger partial charge is 0.369 e. The van der Waals surface area contributed by atoms with Crippen LogP contribution in [0.5, 0.6) is 0 Å². The van der Waals surface area contributed by atoms with E-state index >= 15 is 0 Å². The highest BCUT2D eigenvalue weighted by Crippen LogP contribution is 2.27. The molecule has 1 aromatic carbocycles. The average Bonchev–Trinajstić information content (AvgIpc) is 3.51. The Labute approximate surface area is 195 Å². The van der Waals surface area contributed by atoms with Gasteiger partial charge in [-0.05, 0) is 55.9 Å². The first-order valence-electron chi connectivity index (χ1n) is 10.4. The Morgan fingerprint density at radius 2 is 1.93 bits per heavy atom. The fourth-order valence-electron chi connectivity index (χ4n) is 4.28. The summed E-state index contributed by atoms with van der Waals surface area (Å²) in [5.41, 5.74) is 1.31. The number of nitrogens with one attached hydrogen (secondary N) is 2. The van der Waals surface area contributed by atoms with Crippen molar-refractivity contribution in [3.8, 4) is 0 Å². The lowest BCUT2D eigenvalue weighted by atomic mass is 10.2. The topological polar surface area (TPSA) is 42.9 Å². The van der Waals surface area contributed by atoms with Crippen LogP contribution in [0.4, 0.5) is 5.69 Å². The summed E-state index contributed by atoms with van der Waals surface area (Å²) in [5, 5.41) is 9.42. The normalized spacial score (nSPS) is 21.1. The molecule has 3 heterocycles. The van der Waals surface area contributed by atoms with Gasteiger partial charge in [-0.25, -0.2) is 0 Å². The SMILES string of the molecule is CN=C(NCC(c1cccs1)N1CCCC1)NC1CCN(c2ccccc2)C1.I. The van der Waals surface area contributed by atoms with Gasteiger partial charge in [-0.15, -0.1) is 35.3 Å². The number of hydrogen-bond acceptors (Lipinski definition) is 4. The lowest BCUT2D eigenvalue weighted by Gasteiger charge is -2.28. The van der Waals surface area contributed by atoms with E-state index in [1.165, 1.54) is 36.5 Å². The Kier molecular flexibility index (Phi) is 8.62. The molecule has 0 saturated carbocycles. The summed E-state index contributed by atoms with van der Waals surface area (Å²) in [5.74, 6) is 0.917. The number of thiophene rings is 1. The zero-order valence-corrected chi connectivity index (χ0v) is 20.2. The van der Waals surface area contributed by atoms with Crippen LogP contribution in [-0.2, 0) is 0 Å². The van der Waals surface area contributed by atoms with Crippen molar-refractivity contribution < 1.29 is 0 Å². The van der Waals surface area contributed by atoms with Gasteiger partial charge >= 0.3 is 0 Å². The molecule has 29 heavy (non-hydrogen) atoms. The minimum absolute atomic E-state index is 0. The molecule has 2 aliphatic heterocycles. The molecule has 0 radical (unpaired) electrons. The maximum atomic E-state index is 4.49. The van der Waals surface area contributed by atoms with Crippen LogP contribution in [0.1, 0.15) is 30.2 Å². The first-order valence-corrected chi connectivity index (χ1v) is 11.3. The molecule has 2 fully saturated rings. The lowest BCUT2D eigenvalue weighted by Crippen LogP contribution is -2.47. The highest BCUT2D eigenvalue weighted by atomic mass is 127. The van der Waals surface area contributed by atoms with E-state index in [9.17, 15) is 0 Å². The van der Waals surface area contributed by atoms with Gasteiger partial charge in [0, 0.05) is 43.3 Å². The number of benzene rings is 1. The van der Waals surface area contributed by atoms with Gasteiger partial charge in [0.2, 0.25) is 0 Å². The summed E-state index contributed by atoms with van der Waals surface area (Å²) in [7, 11) is 1.87. The molecular weight excluding hydrogens is 493 g/mol. The number of nitrogens with zero attached hydrogens (tertiary/aromatic N) is 3. The summed E-state index contributed by atoms with van der Waals surface area (Å²) in [6.45, 7) is 5.40. The number of para-hydroxylation sites is 1. The summed E-state index contributed by atoms with van der Waals surface area (Å²) < 4.78 is 0. The van der Waals surface area contributed by atoms with Crippen LogP contribution in [0.2, 0.25) is 0 Å². The van der Waals surface area contributed by atoms with Crippen LogP contribution in [0.25, 0.3) is 0 Å². The molecule has 2 atom stereocenters. The molecule has 2 N–H and O–H groups in total. The van der Waals surface area contributed by atoms with Crippen LogP contribution in [-0.4, -0.2) is 56.7 Å². The fourth-order valence-corrected chi connectivity index (χ4v) is 5.14. The van der Waals surface area contributed by atoms with E-state index in [2.05, 4.69) is 73.3 Å². The third-order valence-corrected chi connectivity index (χ3v) is 6.76. The number of anilines is 1. The standard InChI is InChI=1S/C22H31N5S.HI/c1-23-22(25-18-11-14-27(17-18)19-8-3-2-4-9-19)24-16-20(21-10-7-15-28-21)26-12-5-6-13-26;/h2-4,7-10,15,18,20H,5-6,11-14,16-17H2,1H3,(H2,23,24,25);1H. The van der Waals surface area contributed by atoms with Crippen LogP contribution < -0.4 is 15.5 Å². The predicted octanol–water partition coefficient (Wildman–Crippen LogP) is 3.95. The van der Waals surface area contributed by atoms with Crippen molar-refractivity contribution >= 4 is 47.0 Å². The fraction of sp³-hybridized carbons (Fsp3) is 0.500. The molecule has 5 nitrogen and oxygen atoms in total. The third kappa shape index (κ3) is 5.86. The van der Waals surface area contributed by atoms with E-state index in [1.54, 1.807) is 0 Å². The minimum atomic E-state index is 0. The number of rotatable bonds is 6. The van der Waals surface area contributed by atoms with Crippen molar-refractivity contribution in [2.75, 3.05) is 44.7 Å². The molecule has 0 amide bonds. The van der Waals surface area contributed by atoms with Gasteiger partial charge in [-0.3, -0.25) is 9.89 Å². The van der Waals surface area contributed by atoms with Crippen molar-refractivity contribution in [3.63, 3.8) is 0 Å². The molecule has 7 heteroatoms. The van der Waals surface area contributed by atoms with Gasteiger partial charge in [-0.2, -0.15) is 0 Å². The van der Waals surface area contributed by atoms with Crippen molar-refractivity contribution in [2.45, 2.75) is 31.3 Å². The molecular formula is C22H32IN5S. The predicted molar refractivity (Wildman–Crippen MR) is 135 cm³/mol. The van der Waals surface area contributed by atoms with Crippen molar-refractivity contribution in [1.29, 1.82) is 0 Å². The minimum Gasteiger partial charge on any atom is -0.369 e. The molecule has 1 aromatic heterocycles. The van der Waals surface area contributed by atoms with Gasteiger partial charge in [0.05, 0.1) is 6.04 Å². The quantitative estimate of drug-likeness (QED) is 0.341.